The van der Waals surface area contributed by atoms with Gasteiger partial charge in [-0.15, -0.1) is 0 Å². The molecule has 2 rings (SSSR count). The molecule has 110 valence electrons. The van der Waals surface area contributed by atoms with Crippen molar-refractivity contribution in [3.63, 3.8) is 0 Å². The Labute approximate surface area is 118 Å². The molecule has 19 heavy (non-hydrogen) atoms. The van der Waals surface area contributed by atoms with Gasteiger partial charge < -0.3 is 5.32 Å². The number of carbonyl (C=O) groups is 1. The lowest BCUT2D eigenvalue weighted by atomic mass is 9.83. The molecule has 0 bridgehead atoms. The molecule has 0 aromatic heterocycles. The molecule has 3 heteroatoms. The van der Waals surface area contributed by atoms with E-state index in [1.165, 1.54) is 32.1 Å². The molecule has 1 saturated heterocycles. The van der Waals surface area contributed by atoms with E-state index in [2.05, 4.69) is 31.0 Å². The lowest BCUT2D eigenvalue weighted by molar-refractivity contribution is -0.138. The Morgan fingerprint density at radius 1 is 1.32 bits per heavy atom. The average Bonchev–Trinajstić information content (AvgIpc) is 2.36. The molecule has 0 spiro atoms. The van der Waals surface area contributed by atoms with Gasteiger partial charge in [-0.05, 0) is 38.0 Å². The summed E-state index contributed by atoms with van der Waals surface area (Å²) in [6, 6.07) is 0. The molecule has 3 nitrogen and oxygen atoms in total. The summed E-state index contributed by atoms with van der Waals surface area (Å²) < 4.78 is 0. The van der Waals surface area contributed by atoms with Crippen LogP contribution in [0.2, 0.25) is 0 Å². The van der Waals surface area contributed by atoms with E-state index in [1.54, 1.807) is 0 Å². The summed E-state index contributed by atoms with van der Waals surface area (Å²) in [6.45, 7) is 9.53. The predicted molar refractivity (Wildman–Crippen MR) is 79.0 cm³/mol. The van der Waals surface area contributed by atoms with Crippen LogP contribution in [0.25, 0.3) is 0 Å². The van der Waals surface area contributed by atoms with Gasteiger partial charge in [-0.2, -0.15) is 0 Å². The smallest absolute Gasteiger partial charge is 0.240 e. The van der Waals surface area contributed by atoms with E-state index in [0.717, 1.165) is 32.0 Å². The maximum absolute atomic E-state index is 12.4. The molecule has 2 fully saturated rings. The third-order valence-corrected chi connectivity index (χ3v) is 4.86. The van der Waals surface area contributed by atoms with E-state index in [0.29, 0.717) is 5.92 Å². The zero-order valence-corrected chi connectivity index (χ0v) is 12.9. The van der Waals surface area contributed by atoms with Crippen molar-refractivity contribution < 1.29 is 4.79 Å². The summed E-state index contributed by atoms with van der Waals surface area (Å²) >= 11 is 0. The summed E-state index contributed by atoms with van der Waals surface area (Å²) in [6.07, 6.45) is 7.84. The van der Waals surface area contributed by atoms with Crippen LogP contribution < -0.4 is 5.32 Å². The van der Waals surface area contributed by atoms with Crippen LogP contribution in [0.1, 0.15) is 59.3 Å². The highest BCUT2D eigenvalue weighted by Gasteiger charge is 2.42. The summed E-state index contributed by atoms with van der Waals surface area (Å²) in [5, 5.41) is 3.06. The monoisotopic (exact) mass is 266 g/mol. The molecule has 1 amide bonds. The topological polar surface area (TPSA) is 32.3 Å². The van der Waals surface area contributed by atoms with Crippen molar-refractivity contribution >= 4 is 5.91 Å². The first-order valence-electron chi connectivity index (χ1n) is 8.05. The van der Waals surface area contributed by atoms with E-state index in [4.69, 9.17) is 0 Å². The van der Waals surface area contributed by atoms with Crippen molar-refractivity contribution in [1.82, 2.24) is 10.2 Å². The van der Waals surface area contributed by atoms with Gasteiger partial charge >= 0.3 is 0 Å². The van der Waals surface area contributed by atoms with Gasteiger partial charge in [0.1, 0.15) is 0 Å². The standard InChI is InChI=1S/C16H30N2O/c1-13(2)11-16(3)15(19)17-9-10-18(16)12-14-7-5-4-6-8-14/h13-14H,4-12H2,1-3H3,(H,17,19). The third kappa shape index (κ3) is 3.50. The van der Waals surface area contributed by atoms with Crippen LogP contribution >= 0.6 is 0 Å². The number of carbonyl (C=O) groups excluding carboxylic acids is 1. The average molecular weight is 266 g/mol. The SMILES string of the molecule is CC(C)CC1(C)C(=O)NCCN1CC1CCCCC1. The Morgan fingerprint density at radius 2 is 2.00 bits per heavy atom. The van der Waals surface area contributed by atoms with E-state index < -0.39 is 0 Å². The molecule has 0 aromatic rings. The lowest BCUT2D eigenvalue weighted by Crippen LogP contribution is -2.64. The highest BCUT2D eigenvalue weighted by atomic mass is 16.2. The van der Waals surface area contributed by atoms with Crippen LogP contribution in [0.4, 0.5) is 0 Å². The number of amides is 1. The minimum absolute atomic E-state index is 0.239. The summed E-state index contributed by atoms with van der Waals surface area (Å²) in [5.41, 5.74) is -0.288. The van der Waals surface area contributed by atoms with Crippen LogP contribution in [0.5, 0.6) is 0 Å². The van der Waals surface area contributed by atoms with Crippen molar-refractivity contribution in [2.24, 2.45) is 11.8 Å². The first-order chi connectivity index (χ1) is 9.02. The molecule has 0 radical (unpaired) electrons. The van der Waals surface area contributed by atoms with Crippen LogP contribution in [0.15, 0.2) is 0 Å². The largest absolute Gasteiger partial charge is 0.353 e. The Balaban J connectivity index is 2.03. The summed E-state index contributed by atoms with van der Waals surface area (Å²) in [5.74, 6) is 1.61. The van der Waals surface area contributed by atoms with Gasteiger partial charge in [0.25, 0.3) is 0 Å². The molecular weight excluding hydrogens is 236 g/mol. The second kappa shape index (κ2) is 6.25. The van der Waals surface area contributed by atoms with Crippen molar-refractivity contribution in [1.29, 1.82) is 0 Å². The van der Waals surface area contributed by atoms with Crippen LogP contribution in [0, 0.1) is 11.8 Å². The number of piperazine rings is 1. The predicted octanol–water partition coefficient (Wildman–Crippen LogP) is 2.80. The highest BCUT2D eigenvalue weighted by molar-refractivity contribution is 5.86. The maximum Gasteiger partial charge on any atom is 0.240 e. The lowest BCUT2D eigenvalue weighted by Gasteiger charge is -2.46. The second-order valence-electron chi connectivity index (χ2n) is 7.08. The van der Waals surface area contributed by atoms with E-state index in [1.807, 2.05) is 0 Å². The second-order valence-corrected chi connectivity index (χ2v) is 7.08. The van der Waals surface area contributed by atoms with Crippen molar-refractivity contribution in [3.8, 4) is 0 Å². The summed E-state index contributed by atoms with van der Waals surface area (Å²) in [4.78, 5) is 14.8. The molecule has 1 unspecified atom stereocenters. The zero-order valence-electron chi connectivity index (χ0n) is 12.9. The Bertz CT molecular complexity index is 310. The molecule has 1 aliphatic carbocycles. The van der Waals surface area contributed by atoms with Gasteiger partial charge in [0.05, 0.1) is 5.54 Å². The van der Waals surface area contributed by atoms with Gasteiger partial charge in [0, 0.05) is 19.6 Å². The van der Waals surface area contributed by atoms with Crippen molar-refractivity contribution in [2.75, 3.05) is 19.6 Å². The van der Waals surface area contributed by atoms with Gasteiger partial charge in [0.15, 0.2) is 0 Å². The van der Waals surface area contributed by atoms with E-state index in [9.17, 15) is 4.79 Å². The highest BCUT2D eigenvalue weighted by Crippen LogP contribution is 2.31. The Kier molecular flexibility index (Phi) is 4.88. The Morgan fingerprint density at radius 3 is 2.63 bits per heavy atom. The van der Waals surface area contributed by atoms with Crippen molar-refractivity contribution in [3.05, 3.63) is 0 Å². The number of hydrogen-bond acceptors (Lipinski definition) is 2. The molecule has 2 aliphatic rings. The first-order valence-corrected chi connectivity index (χ1v) is 8.05. The van der Waals surface area contributed by atoms with Gasteiger partial charge in [0.2, 0.25) is 5.91 Å². The Hall–Kier alpha value is -0.570. The van der Waals surface area contributed by atoms with Crippen LogP contribution in [0.3, 0.4) is 0 Å². The quantitative estimate of drug-likeness (QED) is 0.848. The molecule has 1 N–H and O–H groups in total. The van der Waals surface area contributed by atoms with Gasteiger partial charge in [-0.25, -0.2) is 0 Å². The van der Waals surface area contributed by atoms with E-state index in [-0.39, 0.29) is 11.4 Å². The fourth-order valence-electron chi connectivity index (χ4n) is 3.88. The zero-order chi connectivity index (χ0) is 13.9. The molecular formula is C16H30N2O. The van der Waals surface area contributed by atoms with Gasteiger partial charge in [-0.3, -0.25) is 9.69 Å². The minimum atomic E-state index is -0.288. The number of nitrogens with one attached hydrogen (secondary N) is 1. The van der Waals surface area contributed by atoms with Crippen molar-refractivity contribution in [2.45, 2.75) is 64.8 Å². The number of rotatable bonds is 4. The fraction of sp³-hybridized carbons (Fsp3) is 0.938. The van der Waals surface area contributed by atoms with Crippen LogP contribution in [-0.4, -0.2) is 36.0 Å². The normalized spacial score (nSPS) is 30.6. The third-order valence-electron chi connectivity index (χ3n) is 4.86. The maximum atomic E-state index is 12.4. The van der Waals surface area contributed by atoms with E-state index >= 15 is 0 Å². The van der Waals surface area contributed by atoms with Crippen LogP contribution in [-0.2, 0) is 4.79 Å². The fourth-order valence-corrected chi connectivity index (χ4v) is 3.88. The molecule has 1 saturated carbocycles. The first kappa shape index (κ1) is 14.8. The minimum Gasteiger partial charge on any atom is -0.353 e. The number of nitrogens with zero attached hydrogens (tertiary/aromatic N) is 1. The molecule has 0 aromatic carbocycles. The van der Waals surface area contributed by atoms with Gasteiger partial charge in [-0.1, -0.05) is 33.1 Å². The molecule has 1 atom stereocenters. The molecule has 1 aliphatic heterocycles. The number of hydrogen-bond donors (Lipinski definition) is 1. The molecule has 1 heterocycles. The summed E-state index contributed by atoms with van der Waals surface area (Å²) in [7, 11) is 0.